The predicted molar refractivity (Wildman–Crippen MR) is 139 cm³/mol. The van der Waals surface area contributed by atoms with Gasteiger partial charge in [0, 0.05) is 12.1 Å². The van der Waals surface area contributed by atoms with Crippen LogP contribution in [0.1, 0.15) is 36.3 Å². The SMILES string of the molecule is C[C@@]1(O)[C@H](O)C(OP2(=O)OC[C@H](c3ccccc3)[C@H](c3ccccc3)O2)O[C@H]1n1ccc2c(=O)[nH]c(N)nc21. The highest BCUT2D eigenvalue weighted by Crippen LogP contribution is 2.62. The molecule has 0 saturated carbocycles. The van der Waals surface area contributed by atoms with Gasteiger partial charge in [0.2, 0.25) is 12.2 Å². The van der Waals surface area contributed by atoms with Crippen LogP contribution in [0.2, 0.25) is 0 Å². The number of hydrogen-bond acceptors (Lipinski definition) is 10. The van der Waals surface area contributed by atoms with Crippen molar-refractivity contribution in [3.8, 4) is 0 Å². The fraction of sp³-hybridized carbons (Fsp3) is 0.308. The van der Waals surface area contributed by atoms with Gasteiger partial charge in [0.15, 0.2) is 11.9 Å². The molecular weight excluding hydrogens is 527 g/mol. The highest BCUT2D eigenvalue weighted by molar-refractivity contribution is 7.48. The molecule has 0 spiro atoms. The van der Waals surface area contributed by atoms with Crippen LogP contribution in [0.15, 0.2) is 77.7 Å². The number of nitrogen functional groups attached to an aromatic ring is 1. The Hall–Kier alpha value is -3.35. The average Bonchev–Trinajstić information content (AvgIpc) is 3.43. The molecular formula is C26H27N4O8P. The summed E-state index contributed by atoms with van der Waals surface area (Å²) in [5, 5.41) is 22.4. The lowest BCUT2D eigenvalue weighted by Gasteiger charge is -2.36. The molecule has 0 bridgehead atoms. The molecule has 2 fully saturated rings. The zero-order valence-corrected chi connectivity index (χ0v) is 21.7. The Kier molecular flexibility index (Phi) is 6.43. The molecule has 12 nitrogen and oxygen atoms in total. The van der Waals surface area contributed by atoms with E-state index in [1.54, 1.807) is 0 Å². The van der Waals surface area contributed by atoms with Crippen LogP contribution in [-0.2, 0) is 22.9 Å². The second-order valence-electron chi connectivity index (χ2n) is 9.74. The van der Waals surface area contributed by atoms with Crippen LogP contribution < -0.4 is 11.3 Å². The number of benzene rings is 2. The van der Waals surface area contributed by atoms with E-state index in [4.69, 9.17) is 24.0 Å². The van der Waals surface area contributed by atoms with Crippen molar-refractivity contribution < 1.29 is 33.1 Å². The number of hydrogen-bond donors (Lipinski definition) is 4. The number of ether oxygens (including phenoxy) is 1. The second kappa shape index (κ2) is 9.68. The highest BCUT2D eigenvalue weighted by Gasteiger charge is 2.57. The normalized spacial score (nSPS) is 32.9. The molecule has 2 aromatic heterocycles. The number of nitrogens with one attached hydrogen (secondary N) is 1. The quantitative estimate of drug-likeness (QED) is 0.269. The molecule has 0 aliphatic carbocycles. The summed E-state index contributed by atoms with van der Waals surface area (Å²) in [5.41, 5.74) is 5.10. The zero-order valence-electron chi connectivity index (χ0n) is 20.8. The van der Waals surface area contributed by atoms with Crippen molar-refractivity contribution in [2.45, 2.75) is 43.2 Å². The number of phosphoric acid groups is 1. The Morgan fingerprint density at radius 1 is 1.13 bits per heavy atom. The second-order valence-corrected chi connectivity index (χ2v) is 11.3. The van der Waals surface area contributed by atoms with E-state index in [9.17, 15) is 19.6 Å². The van der Waals surface area contributed by atoms with Gasteiger partial charge in [0.1, 0.15) is 17.8 Å². The summed E-state index contributed by atoms with van der Waals surface area (Å²) in [4.78, 5) is 18.8. The lowest BCUT2D eigenvalue weighted by atomic mass is 9.90. The highest BCUT2D eigenvalue weighted by atomic mass is 31.2. The van der Waals surface area contributed by atoms with E-state index in [1.807, 2.05) is 60.7 Å². The topological polar surface area (TPSA) is 171 Å². The first-order chi connectivity index (χ1) is 18.7. The van der Waals surface area contributed by atoms with Crippen LogP contribution in [-0.4, -0.2) is 49.4 Å². The van der Waals surface area contributed by atoms with Crippen molar-refractivity contribution >= 4 is 24.8 Å². The monoisotopic (exact) mass is 554 g/mol. The smallest absolute Gasteiger partial charge is 0.385 e. The first kappa shape index (κ1) is 25.9. The van der Waals surface area contributed by atoms with E-state index in [-0.39, 0.29) is 29.5 Å². The number of fused-ring (bicyclic) bond motifs is 1. The summed E-state index contributed by atoms with van der Waals surface area (Å²) in [6, 6.07) is 20.3. The average molecular weight is 554 g/mol. The van der Waals surface area contributed by atoms with Gasteiger partial charge < -0.3 is 25.3 Å². The first-order valence-corrected chi connectivity index (χ1v) is 13.8. The largest absolute Gasteiger partial charge is 0.477 e. The van der Waals surface area contributed by atoms with Crippen LogP contribution in [0.25, 0.3) is 11.0 Å². The Bertz CT molecular complexity index is 1590. The zero-order chi connectivity index (χ0) is 27.4. The minimum absolute atomic E-state index is 0.0116. The van der Waals surface area contributed by atoms with E-state index in [0.29, 0.717) is 0 Å². The molecule has 2 saturated heterocycles. The number of aromatic nitrogens is 3. The number of aromatic amines is 1. The van der Waals surface area contributed by atoms with Gasteiger partial charge in [0.05, 0.1) is 12.0 Å². The van der Waals surface area contributed by atoms with E-state index in [1.165, 1.54) is 23.8 Å². The lowest BCUT2D eigenvalue weighted by Crippen LogP contribution is -2.44. The van der Waals surface area contributed by atoms with Gasteiger partial charge in [0.25, 0.3) is 5.56 Å². The predicted octanol–water partition coefficient (Wildman–Crippen LogP) is 2.97. The molecule has 4 aromatic rings. The molecule has 13 heteroatoms. The number of nitrogens with two attached hydrogens (primary N) is 1. The number of rotatable bonds is 5. The molecule has 2 unspecified atom stereocenters. The minimum atomic E-state index is -4.30. The molecule has 0 amide bonds. The van der Waals surface area contributed by atoms with Crippen molar-refractivity contribution in [1.82, 2.24) is 14.5 Å². The van der Waals surface area contributed by atoms with Gasteiger partial charge in [-0.05, 0) is 24.1 Å². The van der Waals surface area contributed by atoms with E-state index in [2.05, 4.69) is 9.97 Å². The summed E-state index contributed by atoms with van der Waals surface area (Å²) in [6.07, 6.45) is -3.76. The van der Waals surface area contributed by atoms with E-state index >= 15 is 0 Å². The number of nitrogens with zero attached hydrogens (tertiary/aromatic N) is 2. The van der Waals surface area contributed by atoms with Crippen LogP contribution in [0.4, 0.5) is 5.95 Å². The molecule has 0 radical (unpaired) electrons. The summed E-state index contributed by atoms with van der Waals surface area (Å²) < 4.78 is 38.3. The number of aliphatic hydroxyl groups is 2. The van der Waals surface area contributed by atoms with Gasteiger partial charge in [-0.1, -0.05) is 60.7 Å². The van der Waals surface area contributed by atoms with Gasteiger partial charge in [-0.15, -0.1) is 0 Å². The van der Waals surface area contributed by atoms with Gasteiger partial charge in [-0.2, -0.15) is 4.98 Å². The van der Waals surface area contributed by atoms with Crippen molar-refractivity contribution in [2.24, 2.45) is 0 Å². The molecule has 6 rings (SSSR count). The molecule has 204 valence electrons. The summed E-state index contributed by atoms with van der Waals surface area (Å²) >= 11 is 0. The molecule has 7 atom stereocenters. The van der Waals surface area contributed by atoms with Crippen LogP contribution in [0, 0.1) is 0 Å². The van der Waals surface area contributed by atoms with Crippen LogP contribution in [0.3, 0.4) is 0 Å². The Balaban J connectivity index is 1.29. The fourth-order valence-corrected chi connectivity index (χ4v) is 6.51. The van der Waals surface area contributed by atoms with Gasteiger partial charge in [-0.3, -0.25) is 23.3 Å². The maximum Gasteiger partial charge on any atom is 0.477 e. The van der Waals surface area contributed by atoms with Crippen molar-refractivity contribution in [3.63, 3.8) is 0 Å². The molecule has 39 heavy (non-hydrogen) atoms. The number of phosphoric ester groups is 1. The van der Waals surface area contributed by atoms with Crippen LogP contribution in [0.5, 0.6) is 0 Å². The number of aliphatic hydroxyl groups excluding tert-OH is 1. The number of anilines is 1. The molecule has 2 aromatic carbocycles. The van der Waals surface area contributed by atoms with Crippen molar-refractivity contribution in [3.05, 3.63) is 94.4 Å². The molecule has 5 N–H and O–H groups in total. The maximum atomic E-state index is 13.8. The molecule has 2 aliphatic rings. The standard InChI is InChI=1S/C26H27N4O8P/c1-26(33)20(31)23(36-24(26)30-13-12-17-21(30)28-25(27)29-22(17)32)38-39(34)35-14-18(15-8-4-2-5-9-15)19(37-39)16-10-6-3-7-11-16/h2-13,18-20,23-24,31,33H,14H2,1H3,(H3,27,28,29,32)/t18-,19+,20-,23?,24-,26-,39?/m1/s1. The fourth-order valence-electron chi connectivity index (χ4n) is 5.03. The molecule has 2 aliphatic heterocycles. The third-order valence-corrected chi connectivity index (χ3v) is 8.50. The third kappa shape index (κ3) is 4.60. The van der Waals surface area contributed by atoms with E-state index < -0.39 is 43.7 Å². The van der Waals surface area contributed by atoms with Gasteiger partial charge >= 0.3 is 7.82 Å². The molecule has 4 heterocycles. The van der Waals surface area contributed by atoms with Crippen molar-refractivity contribution in [1.29, 1.82) is 0 Å². The Labute approximate surface area is 222 Å². The Morgan fingerprint density at radius 2 is 1.79 bits per heavy atom. The maximum absolute atomic E-state index is 13.8. The van der Waals surface area contributed by atoms with Crippen molar-refractivity contribution in [2.75, 3.05) is 12.3 Å². The first-order valence-electron chi connectivity index (χ1n) is 12.3. The Morgan fingerprint density at radius 3 is 2.49 bits per heavy atom. The minimum Gasteiger partial charge on any atom is -0.385 e. The number of H-pyrrole nitrogens is 1. The summed E-state index contributed by atoms with van der Waals surface area (Å²) in [6.45, 7) is 1.34. The lowest BCUT2D eigenvalue weighted by molar-refractivity contribution is -0.146. The summed E-state index contributed by atoms with van der Waals surface area (Å²) in [5.74, 6) is -0.419. The summed E-state index contributed by atoms with van der Waals surface area (Å²) in [7, 11) is -4.30. The van der Waals surface area contributed by atoms with Crippen LogP contribution >= 0.6 is 7.82 Å². The third-order valence-electron chi connectivity index (χ3n) is 7.08. The van der Waals surface area contributed by atoms with Gasteiger partial charge in [-0.25, -0.2) is 4.57 Å². The van der Waals surface area contributed by atoms with E-state index in [0.717, 1.165) is 11.1 Å².